The third-order valence-electron chi connectivity index (χ3n) is 3.60. The van der Waals surface area contributed by atoms with E-state index >= 15 is 0 Å². The van der Waals surface area contributed by atoms with Crippen LogP contribution in [0.25, 0.3) is 0 Å². The van der Waals surface area contributed by atoms with Gasteiger partial charge in [-0.05, 0) is 43.2 Å². The Bertz CT molecular complexity index is 811. The normalized spacial score (nSPS) is 11.6. The second kappa shape index (κ2) is 10.2. The van der Waals surface area contributed by atoms with Gasteiger partial charge in [-0.1, -0.05) is 25.4 Å². The van der Waals surface area contributed by atoms with Gasteiger partial charge in [-0.15, -0.1) is 0 Å². The molecule has 0 aliphatic heterocycles. The largest absolute Gasteiger partial charge is 0.493 e. The van der Waals surface area contributed by atoms with Crippen LogP contribution in [-0.4, -0.2) is 19.4 Å². The molecule has 0 saturated carbocycles. The van der Waals surface area contributed by atoms with Crippen molar-refractivity contribution in [3.63, 3.8) is 0 Å². The smallest absolute Gasteiger partial charge is 0.416 e. The van der Waals surface area contributed by atoms with E-state index in [1.54, 1.807) is 18.2 Å². The summed E-state index contributed by atoms with van der Waals surface area (Å²) in [7, 11) is 0. The Morgan fingerprint density at radius 2 is 1.75 bits per heavy atom. The first-order chi connectivity index (χ1) is 13.3. The van der Waals surface area contributed by atoms with Crippen LogP contribution in [0.1, 0.15) is 37.8 Å². The monoisotopic (exact) mass is 414 g/mol. The highest BCUT2D eigenvalue weighted by atomic mass is 35.5. The lowest BCUT2D eigenvalue weighted by molar-refractivity contribution is -0.137. The first kappa shape index (κ1) is 21.9. The molecule has 0 fully saturated rings. The van der Waals surface area contributed by atoms with E-state index in [4.69, 9.17) is 21.1 Å². The van der Waals surface area contributed by atoms with E-state index in [2.05, 4.69) is 10.5 Å². The van der Waals surface area contributed by atoms with E-state index in [0.717, 1.165) is 25.0 Å². The minimum absolute atomic E-state index is 0.0617. The van der Waals surface area contributed by atoms with E-state index in [-0.39, 0.29) is 10.7 Å². The number of nitrogens with one attached hydrogen (secondary N) is 1. The third kappa shape index (κ3) is 6.34. The van der Waals surface area contributed by atoms with E-state index in [0.29, 0.717) is 30.3 Å². The summed E-state index contributed by atoms with van der Waals surface area (Å²) in [6.45, 7) is 5.11. The van der Waals surface area contributed by atoms with Gasteiger partial charge < -0.3 is 9.47 Å². The van der Waals surface area contributed by atoms with Gasteiger partial charge in [0.15, 0.2) is 0 Å². The summed E-state index contributed by atoms with van der Waals surface area (Å²) in [6.07, 6.45) is -1.28. The molecule has 2 rings (SSSR count). The van der Waals surface area contributed by atoms with Gasteiger partial charge in [0.1, 0.15) is 11.5 Å². The quantitative estimate of drug-likeness (QED) is 0.382. The average molecular weight is 415 g/mol. The van der Waals surface area contributed by atoms with Crippen LogP contribution in [-0.2, 0) is 6.18 Å². The summed E-state index contributed by atoms with van der Waals surface area (Å²) in [5.74, 6) is 1.26. The summed E-state index contributed by atoms with van der Waals surface area (Å²) in [5.41, 5.74) is 2.47. The standard InChI is InChI=1S/C20H22ClF3N2O2/c1-3-9-27-16-7-5-14(19(12-16)28-10-4-2)13-25-26-18-11-15(20(22,23)24)6-8-17(18)21/h5-8,11-13,26H,3-4,9-10H2,1-2H3/b25-13+. The molecule has 0 aliphatic carbocycles. The molecule has 152 valence electrons. The van der Waals surface area contributed by atoms with Gasteiger partial charge in [0, 0.05) is 11.6 Å². The van der Waals surface area contributed by atoms with Gasteiger partial charge in [0.05, 0.1) is 35.7 Å². The fourth-order valence-corrected chi connectivity index (χ4v) is 2.39. The number of nitrogens with zero attached hydrogens (tertiary/aromatic N) is 1. The molecule has 0 spiro atoms. The molecule has 0 bridgehead atoms. The maximum absolute atomic E-state index is 12.8. The average Bonchev–Trinajstić information content (AvgIpc) is 2.66. The molecule has 0 aromatic heterocycles. The molecule has 0 heterocycles. The molecular formula is C20H22ClF3N2O2. The van der Waals surface area contributed by atoms with E-state index in [1.165, 1.54) is 12.3 Å². The highest BCUT2D eigenvalue weighted by Crippen LogP contribution is 2.33. The lowest BCUT2D eigenvalue weighted by atomic mass is 10.2. The van der Waals surface area contributed by atoms with Crippen LogP contribution in [0.4, 0.5) is 18.9 Å². The van der Waals surface area contributed by atoms with Crippen LogP contribution in [0.5, 0.6) is 11.5 Å². The molecule has 4 nitrogen and oxygen atoms in total. The number of hydrogen-bond donors (Lipinski definition) is 1. The molecule has 2 aromatic carbocycles. The Hall–Kier alpha value is -2.41. The Labute approximate surface area is 167 Å². The fourth-order valence-electron chi connectivity index (χ4n) is 2.23. The van der Waals surface area contributed by atoms with Gasteiger partial charge >= 0.3 is 6.18 Å². The predicted molar refractivity (Wildman–Crippen MR) is 106 cm³/mol. The lowest BCUT2D eigenvalue weighted by Crippen LogP contribution is -2.05. The van der Waals surface area contributed by atoms with Crippen LogP contribution in [0.2, 0.25) is 5.02 Å². The topological polar surface area (TPSA) is 42.8 Å². The van der Waals surface area contributed by atoms with Crippen molar-refractivity contribution in [2.75, 3.05) is 18.6 Å². The third-order valence-corrected chi connectivity index (χ3v) is 3.93. The van der Waals surface area contributed by atoms with Crippen molar-refractivity contribution in [2.45, 2.75) is 32.9 Å². The number of ether oxygens (including phenoxy) is 2. The van der Waals surface area contributed by atoms with Crippen LogP contribution in [0.15, 0.2) is 41.5 Å². The van der Waals surface area contributed by atoms with Gasteiger partial charge in [-0.2, -0.15) is 18.3 Å². The highest BCUT2D eigenvalue weighted by Gasteiger charge is 2.30. The maximum Gasteiger partial charge on any atom is 0.416 e. The van der Waals surface area contributed by atoms with Gasteiger partial charge in [-0.3, -0.25) is 5.43 Å². The molecule has 2 aromatic rings. The van der Waals surface area contributed by atoms with Crippen molar-refractivity contribution in [2.24, 2.45) is 5.10 Å². The summed E-state index contributed by atoms with van der Waals surface area (Å²) in [4.78, 5) is 0. The molecule has 28 heavy (non-hydrogen) atoms. The Balaban J connectivity index is 2.19. The molecule has 0 unspecified atom stereocenters. The maximum atomic E-state index is 12.8. The van der Waals surface area contributed by atoms with E-state index in [1.807, 2.05) is 13.8 Å². The van der Waals surface area contributed by atoms with Crippen molar-refractivity contribution in [1.29, 1.82) is 0 Å². The molecule has 1 N–H and O–H groups in total. The van der Waals surface area contributed by atoms with Crippen molar-refractivity contribution >= 4 is 23.5 Å². The number of halogens is 4. The molecular weight excluding hydrogens is 393 g/mol. The number of alkyl halides is 3. The molecule has 0 atom stereocenters. The second-order valence-corrected chi connectivity index (χ2v) is 6.37. The van der Waals surface area contributed by atoms with Crippen molar-refractivity contribution in [1.82, 2.24) is 0 Å². The number of rotatable bonds is 9. The van der Waals surface area contributed by atoms with Crippen molar-refractivity contribution in [3.05, 3.63) is 52.5 Å². The fraction of sp³-hybridized carbons (Fsp3) is 0.350. The van der Waals surface area contributed by atoms with Crippen LogP contribution < -0.4 is 14.9 Å². The number of hydrogen-bond acceptors (Lipinski definition) is 4. The predicted octanol–water partition coefficient (Wildman–Crippen LogP) is 6.38. The van der Waals surface area contributed by atoms with Crippen LogP contribution >= 0.6 is 11.6 Å². The van der Waals surface area contributed by atoms with Gasteiger partial charge in [0.2, 0.25) is 0 Å². The highest BCUT2D eigenvalue weighted by molar-refractivity contribution is 6.33. The van der Waals surface area contributed by atoms with E-state index < -0.39 is 11.7 Å². The lowest BCUT2D eigenvalue weighted by Gasteiger charge is -2.12. The summed E-state index contributed by atoms with van der Waals surface area (Å²) in [5, 5.41) is 4.14. The van der Waals surface area contributed by atoms with Gasteiger partial charge in [-0.25, -0.2) is 0 Å². The van der Waals surface area contributed by atoms with Crippen molar-refractivity contribution < 1.29 is 22.6 Å². The second-order valence-electron chi connectivity index (χ2n) is 5.96. The summed E-state index contributed by atoms with van der Waals surface area (Å²) < 4.78 is 49.9. The molecule has 0 amide bonds. The van der Waals surface area contributed by atoms with Crippen LogP contribution in [0, 0.1) is 0 Å². The minimum atomic E-state index is -4.46. The zero-order valence-corrected chi connectivity index (χ0v) is 16.4. The first-order valence-corrected chi connectivity index (χ1v) is 9.28. The molecule has 0 aliphatic rings. The molecule has 0 radical (unpaired) electrons. The minimum Gasteiger partial charge on any atom is -0.493 e. The number of anilines is 1. The number of benzene rings is 2. The van der Waals surface area contributed by atoms with Crippen molar-refractivity contribution in [3.8, 4) is 11.5 Å². The van der Waals surface area contributed by atoms with Gasteiger partial charge in [0.25, 0.3) is 0 Å². The molecule has 8 heteroatoms. The Morgan fingerprint density at radius 1 is 1.04 bits per heavy atom. The summed E-state index contributed by atoms with van der Waals surface area (Å²) in [6, 6.07) is 8.34. The first-order valence-electron chi connectivity index (χ1n) is 8.90. The van der Waals surface area contributed by atoms with Crippen LogP contribution in [0.3, 0.4) is 0 Å². The molecule has 0 saturated heterocycles. The summed E-state index contributed by atoms with van der Waals surface area (Å²) >= 11 is 5.95. The Morgan fingerprint density at radius 3 is 2.43 bits per heavy atom. The van der Waals surface area contributed by atoms with E-state index in [9.17, 15) is 13.2 Å². The Kier molecular flexibility index (Phi) is 7.99. The zero-order valence-electron chi connectivity index (χ0n) is 15.6. The number of hydrazone groups is 1. The SMILES string of the molecule is CCCOc1ccc(/C=N/Nc2cc(C(F)(F)F)ccc2Cl)c(OCCC)c1. The zero-order chi connectivity index (χ0) is 20.6.